The van der Waals surface area contributed by atoms with Crippen LogP contribution in [0.25, 0.3) is 5.52 Å². The molecule has 1 aliphatic heterocycles. The molecule has 3 heterocycles. The molecule has 13 heteroatoms. The van der Waals surface area contributed by atoms with Crippen molar-refractivity contribution in [3.05, 3.63) is 59.0 Å². The van der Waals surface area contributed by atoms with Gasteiger partial charge in [0.05, 0.1) is 14.2 Å². The van der Waals surface area contributed by atoms with Crippen molar-refractivity contribution in [3.63, 3.8) is 0 Å². The molecule has 1 atom stereocenters. The number of methoxy groups -OCH3 is 2. The quantitative estimate of drug-likeness (QED) is 0.229. The number of anilines is 1. The van der Waals surface area contributed by atoms with Crippen LogP contribution in [0.5, 0.6) is 11.5 Å². The normalized spacial score (nSPS) is 15.5. The minimum Gasteiger partial charge on any atom is -0.496 e. The Kier molecular flexibility index (Phi) is 10.0. The van der Waals surface area contributed by atoms with Gasteiger partial charge in [-0.05, 0) is 62.5 Å². The first-order valence-corrected chi connectivity index (χ1v) is 14.5. The number of ether oxygens (including phenoxy) is 4. The van der Waals surface area contributed by atoms with E-state index >= 15 is 0 Å². The summed E-state index contributed by atoms with van der Waals surface area (Å²) in [5.74, 6) is 3.27. The molecule has 42 heavy (non-hydrogen) atoms. The van der Waals surface area contributed by atoms with Crippen molar-refractivity contribution < 1.29 is 23.7 Å². The molecule has 1 saturated heterocycles. The zero-order valence-electron chi connectivity index (χ0n) is 25.1. The molecule has 0 radical (unpaired) electrons. The second-order valence-electron chi connectivity index (χ2n) is 10.8. The summed E-state index contributed by atoms with van der Waals surface area (Å²) in [6, 6.07) is 5.33. The molecule has 0 aliphatic carbocycles. The number of amides is 1. The lowest BCUT2D eigenvalue weighted by Gasteiger charge is -2.42. The van der Waals surface area contributed by atoms with Gasteiger partial charge in [0, 0.05) is 56.7 Å². The number of imidazole rings is 1. The van der Waals surface area contributed by atoms with Crippen LogP contribution in [0.3, 0.4) is 0 Å². The Balaban J connectivity index is 1.61. The number of piperazine rings is 1. The Morgan fingerprint density at radius 1 is 1.24 bits per heavy atom. The standard InChI is InChI=1S/C29H40BrN7O5/c1-19(42-29(2,3)4)35-13-14-36(28(38)40-7)22(18-35)27-34-25(30)24-26(32-10-12-37(24)27)33-17-20-8-9-21(16-23(20)39-6)41-15-11-31-5/h8-10,12,16,22,31H,1,11,13-15,17-18H2,2-7H3,(H,32,33)/t22-/m1/s1. The predicted molar refractivity (Wildman–Crippen MR) is 164 cm³/mol. The van der Waals surface area contributed by atoms with Gasteiger partial charge in [-0.15, -0.1) is 0 Å². The Labute approximate surface area is 255 Å². The number of fused-ring (bicyclic) bond motifs is 1. The van der Waals surface area contributed by atoms with Gasteiger partial charge in [0.1, 0.15) is 45.7 Å². The summed E-state index contributed by atoms with van der Waals surface area (Å²) in [5.41, 5.74) is 1.28. The van der Waals surface area contributed by atoms with Gasteiger partial charge >= 0.3 is 6.09 Å². The molecule has 4 rings (SSSR count). The average Bonchev–Trinajstić information content (AvgIpc) is 3.31. The highest BCUT2D eigenvalue weighted by Gasteiger charge is 2.37. The summed E-state index contributed by atoms with van der Waals surface area (Å²) in [6.07, 6.45) is 3.11. The van der Waals surface area contributed by atoms with E-state index in [1.807, 2.05) is 61.5 Å². The Hall–Kier alpha value is -3.71. The van der Waals surface area contributed by atoms with Gasteiger partial charge in [-0.25, -0.2) is 14.8 Å². The number of rotatable bonds is 11. The number of benzene rings is 1. The molecule has 3 aromatic rings. The molecule has 0 saturated carbocycles. The molecule has 0 bridgehead atoms. The molecular formula is C29H40BrN7O5. The zero-order valence-corrected chi connectivity index (χ0v) is 26.7. The Bertz CT molecular complexity index is 1410. The predicted octanol–water partition coefficient (Wildman–Crippen LogP) is 4.42. The summed E-state index contributed by atoms with van der Waals surface area (Å²) in [4.78, 5) is 26.0. The fourth-order valence-corrected chi connectivity index (χ4v) is 5.34. The third-order valence-electron chi connectivity index (χ3n) is 6.73. The number of hydrogen-bond acceptors (Lipinski definition) is 10. The fraction of sp³-hybridized carbons (Fsp3) is 0.483. The lowest BCUT2D eigenvalue weighted by molar-refractivity contribution is -0.0211. The Morgan fingerprint density at radius 2 is 2.02 bits per heavy atom. The summed E-state index contributed by atoms with van der Waals surface area (Å²) in [6.45, 7) is 13.2. The van der Waals surface area contributed by atoms with Gasteiger partial charge in [0.15, 0.2) is 11.7 Å². The van der Waals surface area contributed by atoms with Crippen molar-refractivity contribution in [3.8, 4) is 11.5 Å². The maximum Gasteiger partial charge on any atom is 0.410 e. The number of hydrogen-bond donors (Lipinski definition) is 2. The van der Waals surface area contributed by atoms with Crippen molar-refractivity contribution in [2.24, 2.45) is 0 Å². The van der Waals surface area contributed by atoms with Crippen molar-refractivity contribution in [1.82, 2.24) is 29.5 Å². The minimum atomic E-state index is -0.434. The summed E-state index contributed by atoms with van der Waals surface area (Å²) < 4.78 is 25.1. The van der Waals surface area contributed by atoms with E-state index in [9.17, 15) is 4.79 Å². The van der Waals surface area contributed by atoms with E-state index in [-0.39, 0.29) is 0 Å². The number of nitrogens with zero attached hydrogens (tertiary/aromatic N) is 5. The molecular weight excluding hydrogens is 606 g/mol. The zero-order chi connectivity index (χ0) is 30.4. The van der Waals surface area contributed by atoms with Crippen LogP contribution in [0.15, 0.2) is 47.7 Å². The molecule has 228 valence electrons. The lowest BCUT2D eigenvalue weighted by atomic mass is 10.1. The molecule has 1 amide bonds. The molecule has 0 unspecified atom stereocenters. The molecule has 12 nitrogen and oxygen atoms in total. The molecule has 2 N–H and O–H groups in total. The van der Waals surface area contributed by atoms with Gasteiger partial charge in [0.25, 0.3) is 0 Å². The number of carbonyl (C=O) groups is 1. The molecule has 1 fully saturated rings. The van der Waals surface area contributed by atoms with E-state index < -0.39 is 17.7 Å². The van der Waals surface area contributed by atoms with Crippen molar-refractivity contribution in [2.75, 3.05) is 59.4 Å². The number of halogens is 1. The van der Waals surface area contributed by atoms with E-state index in [1.165, 1.54) is 7.11 Å². The second-order valence-corrected chi connectivity index (χ2v) is 11.5. The van der Waals surface area contributed by atoms with Gasteiger partial charge in [0.2, 0.25) is 0 Å². The van der Waals surface area contributed by atoms with Crippen LogP contribution in [0, 0.1) is 0 Å². The summed E-state index contributed by atoms with van der Waals surface area (Å²) in [7, 11) is 4.90. The Morgan fingerprint density at radius 3 is 2.71 bits per heavy atom. The fourth-order valence-electron chi connectivity index (χ4n) is 4.78. The van der Waals surface area contributed by atoms with E-state index in [4.69, 9.17) is 23.9 Å². The monoisotopic (exact) mass is 645 g/mol. The first-order chi connectivity index (χ1) is 20.1. The van der Waals surface area contributed by atoms with E-state index in [0.717, 1.165) is 23.4 Å². The van der Waals surface area contributed by atoms with E-state index in [0.29, 0.717) is 60.7 Å². The van der Waals surface area contributed by atoms with Crippen LogP contribution < -0.4 is 20.1 Å². The highest BCUT2D eigenvalue weighted by Crippen LogP contribution is 2.34. The van der Waals surface area contributed by atoms with E-state index in [2.05, 4.69) is 38.1 Å². The molecule has 1 aromatic carbocycles. The van der Waals surface area contributed by atoms with E-state index in [1.54, 1.807) is 18.2 Å². The number of nitrogens with one attached hydrogen (secondary N) is 2. The number of carbonyl (C=O) groups excluding carboxylic acids is 1. The maximum absolute atomic E-state index is 12.8. The number of likely N-dealkylation sites (N-methyl/N-ethyl adjacent to an activating group) is 1. The van der Waals surface area contributed by atoms with Crippen LogP contribution in [0.1, 0.15) is 38.2 Å². The second kappa shape index (κ2) is 13.5. The van der Waals surface area contributed by atoms with Crippen LogP contribution >= 0.6 is 15.9 Å². The number of aromatic nitrogens is 3. The third kappa shape index (κ3) is 7.19. The molecule has 0 spiro atoms. The van der Waals surface area contributed by atoms with Crippen LogP contribution in [0.4, 0.5) is 10.6 Å². The largest absolute Gasteiger partial charge is 0.496 e. The summed E-state index contributed by atoms with van der Waals surface area (Å²) >= 11 is 3.64. The average molecular weight is 647 g/mol. The topological polar surface area (TPSA) is 115 Å². The van der Waals surface area contributed by atoms with Crippen LogP contribution in [-0.2, 0) is 16.0 Å². The van der Waals surface area contributed by atoms with Gasteiger partial charge in [-0.1, -0.05) is 0 Å². The summed E-state index contributed by atoms with van der Waals surface area (Å²) in [5, 5.41) is 6.49. The molecule has 1 aliphatic rings. The highest BCUT2D eigenvalue weighted by molar-refractivity contribution is 9.10. The van der Waals surface area contributed by atoms with Crippen LogP contribution in [-0.4, -0.2) is 89.9 Å². The molecule has 2 aromatic heterocycles. The van der Waals surface area contributed by atoms with Crippen molar-refractivity contribution in [2.45, 2.75) is 39.0 Å². The highest BCUT2D eigenvalue weighted by atomic mass is 79.9. The first kappa shape index (κ1) is 31.2. The van der Waals surface area contributed by atoms with Gasteiger partial charge in [-0.3, -0.25) is 9.30 Å². The van der Waals surface area contributed by atoms with Gasteiger partial charge in [-0.2, -0.15) is 0 Å². The maximum atomic E-state index is 12.8. The lowest BCUT2D eigenvalue weighted by Crippen LogP contribution is -2.51. The minimum absolute atomic E-state index is 0.399. The van der Waals surface area contributed by atoms with Crippen molar-refractivity contribution in [1.29, 1.82) is 0 Å². The van der Waals surface area contributed by atoms with Crippen molar-refractivity contribution >= 4 is 33.4 Å². The van der Waals surface area contributed by atoms with Crippen LogP contribution in [0.2, 0.25) is 0 Å². The smallest absolute Gasteiger partial charge is 0.410 e. The van der Waals surface area contributed by atoms with Gasteiger partial charge < -0.3 is 34.5 Å². The third-order valence-corrected chi connectivity index (χ3v) is 7.28. The first-order valence-electron chi connectivity index (χ1n) is 13.7. The SMILES string of the molecule is C=C(OC(C)(C)C)N1CCN(C(=O)OC)[C@@H](c2nc(Br)c3c(NCc4ccc(OCCNC)cc4OC)nccn23)C1.